The maximum absolute atomic E-state index is 13.0. The van der Waals surface area contributed by atoms with Crippen LogP contribution in [0.1, 0.15) is 15.9 Å². The number of benzene rings is 2. The van der Waals surface area contributed by atoms with E-state index in [2.05, 4.69) is 15.9 Å². The van der Waals surface area contributed by atoms with Crippen LogP contribution in [0.4, 0.5) is 8.78 Å². The van der Waals surface area contributed by atoms with E-state index in [1.54, 1.807) is 0 Å². The van der Waals surface area contributed by atoms with Crippen molar-refractivity contribution < 1.29 is 13.6 Å². The Morgan fingerprint density at radius 1 is 1.16 bits per heavy atom. The number of halogens is 4. The van der Waals surface area contributed by atoms with E-state index < -0.39 is 5.82 Å². The van der Waals surface area contributed by atoms with Crippen LogP contribution in [-0.2, 0) is 6.42 Å². The standard InChI is InChI=1S/C14H8BrClF2O/c15-11-7-10(17)3-1-8(11)6-14(19)9-2-4-13(18)12(16)5-9/h1-5,7H,6H2. The van der Waals surface area contributed by atoms with Gasteiger partial charge in [0.1, 0.15) is 11.6 Å². The van der Waals surface area contributed by atoms with E-state index in [4.69, 9.17) is 11.6 Å². The average molecular weight is 346 g/mol. The van der Waals surface area contributed by atoms with Gasteiger partial charge in [0, 0.05) is 16.5 Å². The second-order valence-corrected chi connectivity index (χ2v) is 5.23. The van der Waals surface area contributed by atoms with Crippen molar-refractivity contribution in [2.45, 2.75) is 6.42 Å². The van der Waals surface area contributed by atoms with Crippen molar-refractivity contribution >= 4 is 33.3 Å². The van der Waals surface area contributed by atoms with Gasteiger partial charge in [-0.15, -0.1) is 0 Å². The molecular formula is C14H8BrClF2O. The molecule has 2 rings (SSSR count). The van der Waals surface area contributed by atoms with E-state index in [1.807, 2.05) is 0 Å². The molecule has 0 unspecified atom stereocenters. The van der Waals surface area contributed by atoms with Crippen molar-refractivity contribution in [1.82, 2.24) is 0 Å². The Balaban J connectivity index is 2.23. The lowest BCUT2D eigenvalue weighted by Gasteiger charge is -2.05. The van der Waals surface area contributed by atoms with Crippen molar-refractivity contribution in [3.63, 3.8) is 0 Å². The van der Waals surface area contributed by atoms with Crippen LogP contribution in [0.5, 0.6) is 0 Å². The van der Waals surface area contributed by atoms with Gasteiger partial charge in [-0.25, -0.2) is 8.78 Å². The van der Waals surface area contributed by atoms with E-state index in [-0.39, 0.29) is 23.0 Å². The summed E-state index contributed by atoms with van der Waals surface area (Å²) >= 11 is 8.82. The van der Waals surface area contributed by atoms with Gasteiger partial charge < -0.3 is 0 Å². The number of rotatable bonds is 3. The normalized spacial score (nSPS) is 10.5. The highest BCUT2D eigenvalue weighted by atomic mass is 79.9. The van der Waals surface area contributed by atoms with Crippen molar-refractivity contribution in [3.8, 4) is 0 Å². The lowest BCUT2D eigenvalue weighted by Crippen LogP contribution is -2.04. The maximum Gasteiger partial charge on any atom is 0.167 e. The second kappa shape index (κ2) is 5.80. The zero-order chi connectivity index (χ0) is 14.0. The Hall–Kier alpha value is -1.26. The van der Waals surface area contributed by atoms with Gasteiger partial charge in [-0.1, -0.05) is 33.6 Å². The molecule has 0 fully saturated rings. The van der Waals surface area contributed by atoms with Gasteiger partial charge in [0.05, 0.1) is 5.02 Å². The third kappa shape index (κ3) is 3.39. The summed E-state index contributed by atoms with van der Waals surface area (Å²) in [5.41, 5.74) is 0.981. The van der Waals surface area contributed by atoms with Crippen LogP contribution in [0, 0.1) is 11.6 Å². The average Bonchev–Trinajstić information content (AvgIpc) is 2.36. The first-order chi connectivity index (χ1) is 8.97. The van der Waals surface area contributed by atoms with Gasteiger partial charge in [0.15, 0.2) is 5.78 Å². The second-order valence-electron chi connectivity index (χ2n) is 3.96. The van der Waals surface area contributed by atoms with Crippen LogP contribution in [0.3, 0.4) is 0 Å². The maximum atomic E-state index is 13.0. The molecule has 98 valence electrons. The summed E-state index contributed by atoms with van der Waals surface area (Å²) in [7, 11) is 0. The van der Waals surface area contributed by atoms with Crippen LogP contribution >= 0.6 is 27.5 Å². The van der Waals surface area contributed by atoms with E-state index in [9.17, 15) is 13.6 Å². The van der Waals surface area contributed by atoms with Gasteiger partial charge in [-0.05, 0) is 35.9 Å². The molecule has 2 aromatic rings. The fraction of sp³-hybridized carbons (Fsp3) is 0.0714. The summed E-state index contributed by atoms with van der Waals surface area (Å²) < 4.78 is 26.5. The summed E-state index contributed by atoms with van der Waals surface area (Å²) in [5.74, 6) is -1.16. The molecule has 0 saturated carbocycles. The fourth-order valence-electron chi connectivity index (χ4n) is 1.61. The Morgan fingerprint density at radius 3 is 2.53 bits per heavy atom. The molecule has 0 heterocycles. The smallest absolute Gasteiger partial charge is 0.167 e. The van der Waals surface area contributed by atoms with Crippen molar-refractivity contribution in [2.75, 3.05) is 0 Å². The first-order valence-corrected chi connectivity index (χ1v) is 6.56. The van der Waals surface area contributed by atoms with E-state index in [1.165, 1.54) is 30.3 Å². The molecule has 19 heavy (non-hydrogen) atoms. The Kier molecular flexibility index (Phi) is 4.32. The molecule has 0 aliphatic rings. The summed E-state index contributed by atoms with van der Waals surface area (Å²) in [4.78, 5) is 12.0. The van der Waals surface area contributed by atoms with Crippen molar-refractivity contribution in [2.24, 2.45) is 0 Å². The molecule has 0 N–H and O–H groups in total. The number of hydrogen-bond acceptors (Lipinski definition) is 1. The molecule has 0 aromatic heterocycles. The highest BCUT2D eigenvalue weighted by Gasteiger charge is 2.12. The van der Waals surface area contributed by atoms with Gasteiger partial charge in [0.25, 0.3) is 0 Å². The highest BCUT2D eigenvalue weighted by Crippen LogP contribution is 2.21. The molecule has 0 radical (unpaired) electrons. The number of ketones is 1. The predicted octanol–water partition coefficient (Wildman–Crippen LogP) is 4.81. The van der Waals surface area contributed by atoms with Gasteiger partial charge in [-0.2, -0.15) is 0 Å². The Labute approximate surface area is 122 Å². The quantitative estimate of drug-likeness (QED) is 0.730. The molecule has 0 amide bonds. The van der Waals surface area contributed by atoms with Crippen molar-refractivity contribution in [1.29, 1.82) is 0 Å². The van der Waals surface area contributed by atoms with Crippen LogP contribution in [0.2, 0.25) is 5.02 Å². The van der Waals surface area contributed by atoms with Crippen LogP contribution < -0.4 is 0 Å². The lowest BCUT2D eigenvalue weighted by molar-refractivity contribution is 0.0992. The number of carbonyl (C=O) groups excluding carboxylic acids is 1. The molecule has 0 atom stereocenters. The highest BCUT2D eigenvalue weighted by molar-refractivity contribution is 9.10. The Bertz CT molecular complexity index is 643. The van der Waals surface area contributed by atoms with Crippen LogP contribution in [0.15, 0.2) is 40.9 Å². The molecule has 0 bridgehead atoms. The number of carbonyl (C=O) groups is 1. The molecule has 1 nitrogen and oxygen atoms in total. The molecule has 0 spiro atoms. The van der Waals surface area contributed by atoms with Gasteiger partial charge in [0.2, 0.25) is 0 Å². The Morgan fingerprint density at radius 2 is 1.89 bits per heavy atom. The summed E-state index contributed by atoms with van der Waals surface area (Å²) in [5, 5.41) is -0.0935. The minimum Gasteiger partial charge on any atom is -0.294 e. The fourth-order valence-corrected chi connectivity index (χ4v) is 2.28. The summed E-state index contributed by atoms with van der Waals surface area (Å²) in [6, 6.07) is 7.92. The molecule has 5 heteroatoms. The van der Waals surface area contributed by atoms with E-state index in [0.29, 0.717) is 15.6 Å². The van der Waals surface area contributed by atoms with E-state index >= 15 is 0 Å². The van der Waals surface area contributed by atoms with Crippen LogP contribution in [-0.4, -0.2) is 5.78 Å². The molecule has 0 aliphatic carbocycles. The zero-order valence-electron chi connectivity index (χ0n) is 9.59. The molecule has 2 aromatic carbocycles. The van der Waals surface area contributed by atoms with Crippen molar-refractivity contribution in [3.05, 3.63) is 68.7 Å². The van der Waals surface area contributed by atoms with Crippen LogP contribution in [0.25, 0.3) is 0 Å². The first kappa shape index (κ1) is 14.2. The minimum atomic E-state index is -0.568. The molecule has 0 aliphatic heterocycles. The monoisotopic (exact) mass is 344 g/mol. The SMILES string of the molecule is O=C(Cc1ccc(F)cc1Br)c1ccc(F)c(Cl)c1. The third-order valence-corrected chi connectivity index (χ3v) is 3.64. The molecule has 0 saturated heterocycles. The van der Waals surface area contributed by atoms with Gasteiger partial charge >= 0.3 is 0 Å². The lowest BCUT2D eigenvalue weighted by atomic mass is 10.0. The zero-order valence-corrected chi connectivity index (χ0v) is 11.9. The summed E-state index contributed by atoms with van der Waals surface area (Å²) in [6.07, 6.45) is 0.0861. The third-order valence-electron chi connectivity index (χ3n) is 2.61. The number of hydrogen-bond donors (Lipinski definition) is 0. The summed E-state index contributed by atoms with van der Waals surface area (Å²) in [6.45, 7) is 0. The van der Waals surface area contributed by atoms with Gasteiger partial charge in [-0.3, -0.25) is 4.79 Å². The largest absolute Gasteiger partial charge is 0.294 e. The first-order valence-electron chi connectivity index (χ1n) is 5.39. The molecular weight excluding hydrogens is 338 g/mol. The number of Topliss-reactive ketones (excluding diaryl/α,β-unsaturated/α-hetero) is 1. The van der Waals surface area contributed by atoms with E-state index in [0.717, 1.165) is 6.07 Å². The topological polar surface area (TPSA) is 17.1 Å². The minimum absolute atomic E-state index is 0.0861. The predicted molar refractivity (Wildman–Crippen MR) is 73.5 cm³/mol.